The first-order chi connectivity index (χ1) is 7.75. The number of carbonyl (C=O) groups is 1. The second kappa shape index (κ2) is 5.46. The van der Waals surface area contributed by atoms with Gasteiger partial charge in [0.1, 0.15) is 6.61 Å². The number of nitrogens with one attached hydrogen (secondary N) is 1. The fourth-order valence-electron chi connectivity index (χ4n) is 1.75. The fraction of sp³-hybridized carbons (Fsp3) is 0.417. The van der Waals surface area contributed by atoms with Crippen molar-refractivity contribution >= 4 is 21.9 Å². The van der Waals surface area contributed by atoms with E-state index in [1.807, 2.05) is 24.3 Å². The number of hydrogen-bond donors (Lipinski definition) is 1. The van der Waals surface area contributed by atoms with E-state index in [9.17, 15) is 4.79 Å². The number of hydrogen-bond acceptors (Lipinski definition) is 3. The van der Waals surface area contributed by atoms with Gasteiger partial charge in [-0.05, 0) is 30.7 Å². The van der Waals surface area contributed by atoms with Gasteiger partial charge in [-0.3, -0.25) is 4.79 Å². The summed E-state index contributed by atoms with van der Waals surface area (Å²) in [4.78, 5) is 11.6. The molecule has 1 aliphatic heterocycles. The lowest BCUT2D eigenvalue weighted by Gasteiger charge is -2.09. The summed E-state index contributed by atoms with van der Waals surface area (Å²) in [5.74, 6) is -0.0582. The molecule has 86 valence electrons. The smallest absolute Gasteiger partial charge is 0.310 e. The third-order valence-corrected chi connectivity index (χ3v) is 3.16. The summed E-state index contributed by atoms with van der Waals surface area (Å²) in [5, 5.41) is 3.15. The van der Waals surface area contributed by atoms with Crippen molar-refractivity contribution in [2.75, 3.05) is 13.1 Å². The molecule has 4 heteroatoms. The average molecular weight is 284 g/mol. The molecule has 0 radical (unpaired) electrons. The van der Waals surface area contributed by atoms with Crippen LogP contribution in [0.2, 0.25) is 0 Å². The number of carbonyl (C=O) groups excluding carboxylic acids is 1. The number of rotatable bonds is 3. The van der Waals surface area contributed by atoms with Crippen LogP contribution in [0.3, 0.4) is 0 Å². The van der Waals surface area contributed by atoms with Crippen LogP contribution in [-0.2, 0) is 16.1 Å². The zero-order chi connectivity index (χ0) is 11.4. The molecule has 1 saturated heterocycles. The summed E-state index contributed by atoms with van der Waals surface area (Å²) in [6, 6.07) is 7.79. The van der Waals surface area contributed by atoms with E-state index in [0.717, 1.165) is 29.5 Å². The van der Waals surface area contributed by atoms with Gasteiger partial charge in [-0.15, -0.1) is 0 Å². The van der Waals surface area contributed by atoms with E-state index in [0.29, 0.717) is 6.61 Å². The molecule has 16 heavy (non-hydrogen) atoms. The van der Waals surface area contributed by atoms with Crippen LogP contribution < -0.4 is 5.32 Å². The lowest BCUT2D eigenvalue weighted by molar-refractivity contribution is -0.149. The van der Waals surface area contributed by atoms with Crippen LogP contribution in [0.25, 0.3) is 0 Å². The van der Waals surface area contributed by atoms with Gasteiger partial charge < -0.3 is 10.1 Å². The van der Waals surface area contributed by atoms with Crippen molar-refractivity contribution in [1.29, 1.82) is 0 Å². The van der Waals surface area contributed by atoms with Crippen LogP contribution >= 0.6 is 15.9 Å². The topological polar surface area (TPSA) is 38.3 Å². The van der Waals surface area contributed by atoms with E-state index in [2.05, 4.69) is 21.2 Å². The Balaban J connectivity index is 1.84. The van der Waals surface area contributed by atoms with Gasteiger partial charge in [0.25, 0.3) is 0 Å². The summed E-state index contributed by atoms with van der Waals surface area (Å²) in [6.45, 7) is 2.02. The number of esters is 1. The standard InChI is InChI=1S/C12H14BrNO2/c13-11-3-1-2-9(6-11)8-16-12(15)10-4-5-14-7-10/h1-3,6,10,14H,4-5,7-8H2. The Bertz CT molecular complexity index is 375. The average Bonchev–Trinajstić information content (AvgIpc) is 2.79. The van der Waals surface area contributed by atoms with Gasteiger partial charge in [0.05, 0.1) is 5.92 Å². The van der Waals surface area contributed by atoms with Crippen molar-refractivity contribution in [3.8, 4) is 0 Å². The van der Waals surface area contributed by atoms with E-state index in [4.69, 9.17) is 4.74 Å². The lowest BCUT2D eigenvalue weighted by Crippen LogP contribution is -2.20. The first kappa shape index (κ1) is 11.6. The van der Waals surface area contributed by atoms with Gasteiger partial charge in [-0.1, -0.05) is 28.1 Å². The maximum absolute atomic E-state index is 11.6. The van der Waals surface area contributed by atoms with Crippen molar-refractivity contribution in [2.45, 2.75) is 13.0 Å². The van der Waals surface area contributed by atoms with Crippen molar-refractivity contribution in [1.82, 2.24) is 5.32 Å². The molecule has 1 heterocycles. The van der Waals surface area contributed by atoms with Crippen LogP contribution in [0.5, 0.6) is 0 Å². The molecular weight excluding hydrogens is 270 g/mol. The van der Waals surface area contributed by atoms with Crippen molar-refractivity contribution in [2.24, 2.45) is 5.92 Å². The summed E-state index contributed by atoms with van der Waals surface area (Å²) < 4.78 is 6.27. The molecule has 1 unspecified atom stereocenters. The molecular formula is C12H14BrNO2. The Hall–Kier alpha value is -0.870. The highest BCUT2D eigenvalue weighted by Gasteiger charge is 2.23. The highest BCUT2D eigenvalue weighted by molar-refractivity contribution is 9.10. The molecule has 0 saturated carbocycles. The van der Waals surface area contributed by atoms with Crippen molar-refractivity contribution < 1.29 is 9.53 Å². The van der Waals surface area contributed by atoms with Gasteiger partial charge in [0.15, 0.2) is 0 Å². The minimum Gasteiger partial charge on any atom is -0.461 e. The molecule has 0 aromatic heterocycles. The molecule has 0 amide bonds. The predicted molar refractivity (Wildman–Crippen MR) is 64.9 cm³/mol. The maximum atomic E-state index is 11.6. The molecule has 3 nitrogen and oxygen atoms in total. The normalized spacial score (nSPS) is 19.7. The van der Waals surface area contributed by atoms with Gasteiger partial charge in [-0.25, -0.2) is 0 Å². The van der Waals surface area contributed by atoms with E-state index < -0.39 is 0 Å². The molecule has 2 rings (SSSR count). The Labute approximate surface area is 103 Å². The number of benzene rings is 1. The predicted octanol–water partition coefficient (Wildman–Crippen LogP) is 2.10. The van der Waals surface area contributed by atoms with Crippen LogP contribution in [0.15, 0.2) is 28.7 Å². The molecule has 0 aliphatic carbocycles. The second-order valence-corrected chi connectivity index (χ2v) is 4.84. The SMILES string of the molecule is O=C(OCc1cccc(Br)c1)C1CCNC1. The molecule has 0 bridgehead atoms. The summed E-state index contributed by atoms with van der Waals surface area (Å²) >= 11 is 3.38. The summed E-state index contributed by atoms with van der Waals surface area (Å²) in [7, 11) is 0. The van der Waals surface area contributed by atoms with Gasteiger partial charge in [0.2, 0.25) is 0 Å². The Morgan fingerprint density at radius 1 is 1.56 bits per heavy atom. The molecule has 1 fully saturated rings. The van der Waals surface area contributed by atoms with E-state index in [1.165, 1.54) is 0 Å². The Morgan fingerprint density at radius 2 is 2.44 bits per heavy atom. The number of ether oxygens (including phenoxy) is 1. The highest BCUT2D eigenvalue weighted by atomic mass is 79.9. The van der Waals surface area contributed by atoms with Crippen LogP contribution in [0.1, 0.15) is 12.0 Å². The molecule has 1 aromatic carbocycles. The van der Waals surface area contributed by atoms with Crippen LogP contribution in [0.4, 0.5) is 0 Å². The molecule has 1 atom stereocenters. The van der Waals surface area contributed by atoms with E-state index in [-0.39, 0.29) is 11.9 Å². The summed E-state index contributed by atoms with van der Waals surface area (Å²) in [6.07, 6.45) is 0.886. The van der Waals surface area contributed by atoms with Gasteiger partial charge in [-0.2, -0.15) is 0 Å². The molecule has 1 aliphatic rings. The minimum atomic E-state index is -0.0926. The van der Waals surface area contributed by atoms with Gasteiger partial charge in [0, 0.05) is 11.0 Å². The Kier molecular flexibility index (Phi) is 3.96. The zero-order valence-electron chi connectivity index (χ0n) is 8.91. The fourth-order valence-corrected chi connectivity index (χ4v) is 2.20. The number of halogens is 1. The van der Waals surface area contributed by atoms with Crippen molar-refractivity contribution in [3.63, 3.8) is 0 Å². The highest BCUT2D eigenvalue weighted by Crippen LogP contribution is 2.14. The maximum Gasteiger partial charge on any atom is 0.310 e. The van der Waals surface area contributed by atoms with Crippen LogP contribution in [0, 0.1) is 5.92 Å². The van der Waals surface area contributed by atoms with Gasteiger partial charge >= 0.3 is 5.97 Å². The van der Waals surface area contributed by atoms with E-state index >= 15 is 0 Å². The lowest BCUT2D eigenvalue weighted by atomic mass is 10.1. The monoisotopic (exact) mass is 283 g/mol. The third kappa shape index (κ3) is 3.06. The third-order valence-electron chi connectivity index (χ3n) is 2.66. The zero-order valence-corrected chi connectivity index (χ0v) is 10.5. The first-order valence-electron chi connectivity index (χ1n) is 5.37. The molecule has 0 spiro atoms. The largest absolute Gasteiger partial charge is 0.461 e. The molecule has 1 N–H and O–H groups in total. The first-order valence-corrected chi connectivity index (χ1v) is 6.17. The van der Waals surface area contributed by atoms with Crippen molar-refractivity contribution in [3.05, 3.63) is 34.3 Å². The minimum absolute atomic E-state index is 0.0344. The molecule has 1 aromatic rings. The Morgan fingerprint density at radius 3 is 3.12 bits per heavy atom. The second-order valence-electron chi connectivity index (χ2n) is 3.93. The van der Waals surface area contributed by atoms with E-state index in [1.54, 1.807) is 0 Å². The quantitative estimate of drug-likeness (QED) is 0.864. The summed E-state index contributed by atoms with van der Waals surface area (Å²) in [5.41, 5.74) is 1.01. The van der Waals surface area contributed by atoms with Crippen LogP contribution in [-0.4, -0.2) is 19.1 Å².